The van der Waals surface area contributed by atoms with E-state index in [1.807, 2.05) is 12.1 Å². The molecule has 0 N–H and O–H groups in total. The summed E-state index contributed by atoms with van der Waals surface area (Å²) in [5.41, 5.74) is 1.60. The summed E-state index contributed by atoms with van der Waals surface area (Å²) in [7, 11) is 4.68. The van der Waals surface area contributed by atoms with Crippen LogP contribution in [0.15, 0.2) is 42.5 Å². The van der Waals surface area contributed by atoms with Crippen molar-refractivity contribution in [2.45, 2.75) is 19.4 Å². The first kappa shape index (κ1) is 21.2. The molecule has 0 aliphatic rings. The van der Waals surface area contributed by atoms with Gasteiger partial charge in [-0.05, 0) is 35.7 Å². The summed E-state index contributed by atoms with van der Waals surface area (Å²) >= 11 is 0. The third kappa shape index (κ3) is 5.97. The fraction of sp³-hybridized carbons (Fsp3) is 0.333. The lowest BCUT2D eigenvalue weighted by molar-refractivity contribution is -0.151. The van der Waals surface area contributed by atoms with Crippen LogP contribution in [0.3, 0.4) is 0 Å². The zero-order chi connectivity index (χ0) is 20.5. The number of methoxy groups -OCH3 is 2. The average molecular weight is 389 g/mol. The third-order valence-corrected chi connectivity index (χ3v) is 4.20. The standard InChI is InChI=1S/C21H24FNO5/c1-23(13-15-7-10-17(22)11-8-15)19(24)14-28-20(25)12-9-16-5-4-6-18(26-2)21(16)27-3/h4-8,10-11H,9,12-14H2,1-3H3. The van der Waals surface area contributed by atoms with Crippen LogP contribution in [0.2, 0.25) is 0 Å². The van der Waals surface area contributed by atoms with Crippen molar-refractivity contribution in [1.29, 1.82) is 0 Å². The number of nitrogens with zero attached hydrogens (tertiary/aromatic N) is 1. The Kier molecular flexibility index (Phi) is 7.80. The first-order valence-electron chi connectivity index (χ1n) is 8.78. The van der Waals surface area contributed by atoms with Crippen LogP contribution in [0.5, 0.6) is 11.5 Å². The molecule has 0 saturated carbocycles. The second kappa shape index (κ2) is 10.3. The normalized spacial score (nSPS) is 10.3. The lowest BCUT2D eigenvalue weighted by Gasteiger charge is -2.17. The first-order valence-corrected chi connectivity index (χ1v) is 8.78. The number of benzene rings is 2. The highest BCUT2D eigenvalue weighted by Crippen LogP contribution is 2.31. The summed E-state index contributed by atoms with van der Waals surface area (Å²) in [5, 5.41) is 0. The van der Waals surface area contributed by atoms with Crippen molar-refractivity contribution >= 4 is 11.9 Å². The molecule has 0 radical (unpaired) electrons. The number of hydrogen-bond acceptors (Lipinski definition) is 5. The average Bonchev–Trinajstić information content (AvgIpc) is 2.71. The van der Waals surface area contributed by atoms with E-state index < -0.39 is 5.97 Å². The largest absolute Gasteiger partial charge is 0.493 e. The highest BCUT2D eigenvalue weighted by molar-refractivity contribution is 5.80. The summed E-state index contributed by atoms with van der Waals surface area (Å²) < 4.78 is 28.6. The molecule has 1 amide bonds. The summed E-state index contributed by atoms with van der Waals surface area (Å²) in [6.07, 6.45) is 0.511. The van der Waals surface area contributed by atoms with Crippen LogP contribution in [0.25, 0.3) is 0 Å². The number of aryl methyl sites for hydroxylation is 1. The van der Waals surface area contributed by atoms with Gasteiger partial charge in [0.1, 0.15) is 5.82 Å². The van der Waals surface area contributed by atoms with E-state index in [1.165, 1.54) is 24.1 Å². The maximum Gasteiger partial charge on any atom is 0.306 e. The van der Waals surface area contributed by atoms with E-state index in [0.29, 0.717) is 24.5 Å². The number of rotatable bonds is 9. The van der Waals surface area contributed by atoms with Crippen molar-refractivity contribution in [3.05, 3.63) is 59.4 Å². The molecule has 0 aliphatic carbocycles. The van der Waals surface area contributed by atoms with E-state index in [9.17, 15) is 14.0 Å². The molecule has 150 valence electrons. The number of amides is 1. The molecule has 0 saturated heterocycles. The number of halogens is 1. The van der Waals surface area contributed by atoms with Crippen LogP contribution in [0.4, 0.5) is 4.39 Å². The van der Waals surface area contributed by atoms with Gasteiger partial charge in [0.2, 0.25) is 0 Å². The highest BCUT2D eigenvalue weighted by atomic mass is 19.1. The van der Waals surface area contributed by atoms with Gasteiger partial charge in [0.25, 0.3) is 5.91 Å². The summed E-state index contributed by atoms with van der Waals surface area (Å²) in [6, 6.07) is 11.3. The molecule has 0 aromatic heterocycles. The topological polar surface area (TPSA) is 65.1 Å². The predicted octanol–water partition coefficient (Wildman–Crippen LogP) is 2.98. The Labute approximate surface area is 163 Å². The molecule has 28 heavy (non-hydrogen) atoms. The van der Waals surface area contributed by atoms with Crippen LogP contribution < -0.4 is 9.47 Å². The molecule has 2 aromatic rings. The monoisotopic (exact) mass is 389 g/mol. The zero-order valence-electron chi connectivity index (χ0n) is 16.2. The van der Waals surface area contributed by atoms with Crippen molar-refractivity contribution in [1.82, 2.24) is 4.90 Å². The quantitative estimate of drug-likeness (QED) is 0.617. The molecular weight excluding hydrogens is 365 g/mol. The molecule has 0 bridgehead atoms. The highest BCUT2D eigenvalue weighted by Gasteiger charge is 2.15. The molecule has 2 aromatic carbocycles. The Hall–Kier alpha value is -3.09. The van der Waals surface area contributed by atoms with Crippen LogP contribution in [0.1, 0.15) is 17.5 Å². The fourth-order valence-electron chi connectivity index (χ4n) is 2.66. The number of carbonyl (C=O) groups excluding carboxylic acids is 2. The Morgan fingerprint density at radius 2 is 1.75 bits per heavy atom. The smallest absolute Gasteiger partial charge is 0.306 e. The molecule has 2 rings (SSSR count). The maximum atomic E-state index is 12.9. The Balaban J connectivity index is 1.80. The minimum absolute atomic E-state index is 0.110. The Morgan fingerprint density at radius 1 is 1.04 bits per heavy atom. The van der Waals surface area contributed by atoms with Gasteiger partial charge in [-0.25, -0.2) is 4.39 Å². The molecule has 6 nitrogen and oxygen atoms in total. The minimum atomic E-state index is -0.478. The van der Waals surface area contributed by atoms with Gasteiger partial charge in [0.05, 0.1) is 14.2 Å². The van der Waals surface area contributed by atoms with E-state index in [1.54, 1.807) is 32.4 Å². The summed E-state index contributed by atoms with van der Waals surface area (Å²) in [5.74, 6) is 0.0169. The van der Waals surface area contributed by atoms with Gasteiger partial charge in [-0.2, -0.15) is 0 Å². The van der Waals surface area contributed by atoms with Gasteiger partial charge in [-0.1, -0.05) is 24.3 Å². The zero-order valence-corrected chi connectivity index (χ0v) is 16.2. The lowest BCUT2D eigenvalue weighted by atomic mass is 10.1. The number of carbonyl (C=O) groups is 2. The molecule has 0 heterocycles. The maximum absolute atomic E-state index is 12.9. The molecule has 7 heteroatoms. The molecule has 0 aliphatic heterocycles. The first-order chi connectivity index (χ1) is 13.4. The van der Waals surface area contributed by atoms with Crippen molar-refractivity contribution in [3.8, 4) is 11.5 Å². The number of esters is 1. The number of likely N-dealkylation sites (N-methyl/N-ethyl adjacent to an activating group) is 1. The lowest BCUT2D eigenvalue weighted by Crippen LogP contribution is -2.30. The van der Waals surface area contributed by atoms with Gasteiger partial charge in [-0.15, -0.1) is 0 Å². The van der Waals surface area contributed by atoms with Crippen molar-refractivity contribution in [3.63, 3.8) is 0 Å². The van der Waals surface area contributed by atoms with E-state index in [-0.39, 0.29) is 24.8 Å². The summed E-state index contributed by atoms with van der Waals surface area (Å²) in [6.45, 7) is -0.0382. The minimum Gasteiger partial charge on any atom is -0.493 e. The van der Waals surface area contributed by atoms with Gasteiger partial charge in [-0.3, -0.25) is 9.59 Å². The third-order valence-electron chi connectivity index (χ3n) is 4.20. The molecule has 0 fully saturated rings. The SMILES string of the molecule is COc1cccc(CCC(=O)OCC(=O)N(C)Cc2ccc(F)cc2)c1OC. The van der Waals surface area contributed by atoms with E-state index in [4.69, 9.17) is 14.2 Å². The van der Waals surface area contributed by atoms with E-state index in [2.05, 4.69) is 0 Å². The summed E-state index contributed by atoms with van der Waals surface area (Å²) in [4.78, 5) is 25.5. The molecule has 0 unspecified atom stereocenters. The van der Waals surface area contributed by atoms with E-state index >= 15 is 0 Å². The fourth-order valence-corrected chi connectivity index (χ4v) is 2.66. The number of para-hydroxylation sites is 1. The van der Waals surface area contributed by atoms with Gasteiger partial charge < -0.3 is 19.1 Å². The number of hydrogen-bond donors (Lipinski definition) is 0. The van der Waals surface area contributed by atoms with Crippen LogP contribution in [0, 0.1) is 5.82 Å². The van der Waals surface area contributed by atoms with Gasteiger partial charge in [0, 0.05) is 20.0 Å². The van der Waals surface area contributed by atoms with Gasteiger partial charge in [0.15, 0.2) is 18.1 Å². The second-order valence-corrected chi connectivity index (χ2v) is 6.19. The molecule has 0 atom stereocenters. The predicted molar refractivity (Wildman–Crippen MR) is 102 cm³/mol. The van der Waals surface area contributed by atoms with Crippen molar-refractivity contribution < 1.29 is 28.2 Å². The Morgan fingerprint density at radius 3 is 2.39 bits per heavy atom. The second-order valence-electron chi connectivity index (χ2n) is 6.19. The van der Waals surface area contributed by atoms with Crippen molar-refractivity contribution in [2.24, 2.45) is 0 Å². The van der Waals surface area contributed by atoms with Crippen LogP contribution >= 0.6 is 0 Å². The molecule has 0 spiro atoms. The van der Waals surface area contributed by atoms with E-state index in [0.717, 1.165) is 11.1 Å². The number of ether oxygens (including phenoxy) is 3. The Bertz CT molecular complexity index is 807. The van der Waals surface area contributed by atoms with Gasteiger partial charge >= 0.3 is 5.97 Å². The van der Waals surface area contributed by atoms with Crippen LogP contribution in [-0.4, -0.2) is 44.7 Å². The van der Waals surface area contributed by atoms with Crippen molar-refractivity contribution in [2.75, 3.05) is 27.9 Å². The van der Waals surface area contributed by atoms with Crippen LogP contribution in [-0.2, 0) is 27.3 Å². The molecular formula is C21H24FNO5.